The third-order valence-electron chi connectivity index (χ3n) is 9.98. The van der Waals surface area contributed by atoms with Crippen molar-refractivity contribution < 1.29 is 0 Å². The molecule has 6 nitrogen and oxygen atoms in total. The first kappa shape index (κ1) is 32.1. The van der Waals surface area contributed by atoms with E-state index in [0.717, 1.165) is 78.0 Å². The highest BCUT2D eigenvalue weighted by molar-refractivity contribution is 6.04. The lowest BCUT2D eigenvalue weighted by Gasteiger charge is -2.15. The fourth-order valence-corrected chi connectivity index (χ4v) is 7.37. The maximum absolute atomic E-state index is 5.20. The monoisotopic (exact) mass is 704 g/mol. The van der Waals surface area contributed by atoms with Crippen LogP contribution in [0, 0.1) is 0 Å². The number of para-hydroxylation sites is 2. The van der Waals surface area contributed by atoms with Crippen LogP contribution in [0.4, 0.5) is 0 Å². The number of rotatable bonds is 7. The Morgan fingerprint density at radius 3 is 1.65 bits per heavy atom. The molecule has 0 atom stereocenters. The molecular formula is C49H32N6. The summed E-state index contributed by atoms with van der Waals surface area (Å²) in [6, 6.07) is 64.5. The first-order valence-electron chi connectivity index (χ1n) is 18.3. The second kappa shape index (κ2) is 13.8. The van der Waals surface area contributed by atoms with Gasteiger partial charge in [-0.15, -0.1) is 0 Å². The molecule has 55 heavy (non-hydrogen) atoms. The van der Waals surface area contributed by atoms with Crippen molar-refractivity contribution in [1.82, 2.24) is 29.5 Å². The van der Waals surface area contributed by atoms with Gasteiger partial charge >= 0.3 is 0 Å². The Morgan fingerprint density at radius 1 is 0.345 bits per heavy atom. The van der Waals surface area contributed by atoms with Gasteiger partial charge in [0.15, 0.2) is 23.3 Å². The van der Waals surface area contributed by atoms with Gasteiger partial charge in [-0.1, -0.05) is 146 Å². The van der Waals surface area contributed by atoms with Crippen molar-refractivity contribution in [3.05, 3.63) is 194 Å². The molecule has 0 unspecified atom stereocenters. The third-order valence-corrected chi connectivity index (χ3v) is 9.98. The lowest BCUT2D eigenvalue weighted by Crippen LogP contribution is -2.01. The van der Waals surface area contributed by atoms with Crippen molar-refractivity contribution in [2.45, 2.75) is 0 Å². The average Bonchev–Trinajstić information content (AvgIpc) is 3.67. The Bertz CT molecular complexity index is 2960. The topological polar surface area (TPSA) is 69.4 Å². The van der Waals surface area contributed by atoms with Gasteiger partial charge in [-0.3, -0.25) is 9.55 Å². The summed E-state index contributed by atoms with van der Waals surface area (Å²) in [5.74, 6) is 2.69. The summed E-state index contributed by atoms with van der Waals surface area (Å²) in [6.45, 7) is 0. The zero-order chi connectivity index (χ0) is 36.6. The molecule has 3 aromatic heterocycles. The third kappa shape index (κ3) is 5.92. The molecule has 0 aliphatic rings. The number of aromatic nitrogens is 6. The predicted molar refractivity (Wildman–Crippen MR) is 222 cm³/mol. The molecule has 0 bridgehead atoms. The molecule has 0 amide bonds. The SMILES string of the molecule is c1ccc(-c2nc(-c3ccccc3-c3ccccc3)nc(-c3ccc(-c4ccc(-n5c(-c6ccccn6)nc6ccccc65)cc4)c4ccccc34)n2)cc1. The molecule has 0 saturated heterocycles. The smallest absolute Gasteiger partial charge is 0.164 e. The van der Waals surface area contributed by atoms with Crippen LogP contribution >= 0.6 is 0 Å². The fourth-order valence-electron chi connectivity index (χ4n) is 7.37. The summed E-state index contributed by atoms with van der Waals surface area (Å²) in [6.07, 6.45) is 1.81. The number of benzene rings is 7. The van der Waals surface area contributed by atoms with Crippen molar-refractivity contribution in [2.75, 3.05) is 0 Å². The highest BCUT2D eigenvalue weighted by atomic mass is 15.1. The summed E-state index contributed by atoms with van der Waals surface area (Å²) in [5.41, 5.74) is 11.0. The standard InChI is InChI=1S/C49H32N6/c1-3-15-33(16-4-1)37-19-7-10-22-41(37)47-52-46(35-17-5-2-6-18-35)53-48(54-47)42-31-30-38(39-20-8-9-21-40(39)42)34-26-28-36(29-27-34)55-45-25-12-11-23-43(45)51-49(55)44-24-13-14-32-50-44/h1-32H. The van der Waals surface area contributed by atoms with E-state index in [4.69, 9.17) is 19.9 Å². The van der Waals surface area contributed by atoms with Crippen molar-refractivity contribution in [3.8, 4) is 73.6 Å². The molecular weight excluding hydrogens is 673 g/mol. The Balaban J connectivity index is 1.10. The maximum atomic E-state index is 5.20. The number of hydrogen-bond acceptors (Lipinski definition) is 5. The number of pyridine rings is 1. The maximum Gasteiger partial charge on any atom is 0.164 e. The molecule has 10 rings (SSSR count). The first-order chi connectivity index (χ1) is 27.3. The quantitative estimate of drug-likeness (QED) is 0.165. The normalized spacial score (nSPS) is 11.3. The molecule has 258 valence electrons. The van der Waals surface area contributed by atoms with Crippen molar-refractivity contribution in [3.63, 3.8) is 0 Å². The number of fused-ring (bicyclic) bond motifs is 2. The van der Waals surface area contributed by atoms with Crippen LogP contribution in [0.15, 0.2) is 194 Å². The molecule has 6 heteroatoms. The molecule has 0 spiro atoms. The van der Waals surface area contributed by atoms with Crippen LogP contribution in [0.2, 0.25) is 0 Å². The lowest BCUT2D eigenvalue weighted by atomic mass is 9.94. The van der Waals surface area contributed by atoms with E-state index < -0.39 is 0 Å². The summed E-state index contributed by atoms with van der Waals surface area (Å²) >= 11 is 0. The number of nitrogens with zero attached hydrogens (tertiary/aromatic N) is 6. The highest BCUT2D eigenvalue weighted by Gasteiger charge is 2.19. The minimum atomic E-state index is 0.624. The van der Waals surface area contributed by atoms with E-state index in [9.17, 15) is 0 Å². The van der Waals surface area contributed by atoms with Gasteiger partial charge in [0.2, 0.25) is 0 Å². The highest BCUT2D eigenvalue weighted by Crippen LogP contribution is 2.38. The Labute approximate surface area is 318 Å². The van der Waals surface area contributed by atoms with Gasteiger partial charge in [-0.2, -0.15) is 0 Å². The van der Waals surface area contributed by atoms with Gasteiger partial charge in [0.05, 0.1) is 11.0 Å². The van der Waals surface area contributed by atoms with Gasteiger partial charge in [0.25, 0.3) is 0 Å². The average molecular weight is 705 g/mol. The Kier molecular flexibility index (Phi) is 8.04. The van der Waals surface area contributed by atoms with Crippen LogP contribution < -0.4 is 0 Å². The Hall–Kier alpha value is -7.57. The van der Waals surface area contributed by atoms with E-state index in [-0.39, 0.29) is 0 Å². The Morgan fingerprint density at radius 2 is 0.909 bits per heavy atom. The predicted octanol–water partition coefficient (Wildman–Crippen LogP) is 11.8. The molecule has 0 radical (unpaired) electrons. The van der Waals surface area contributed by atoms with E-state index in [0.29, 0.717) is 17.5 Å². The van der Waals surface area contributed by atoms with Crippen LogP contribution in [0.5, 0.6) is 0 Å². The van der Waals surface area contributed by atoms with E-state index in [1.807, 2.05) is 78.9 Å². The summed E-state index contributed by atoms with van der Waals surface area (Å²) in [5, 5.41) is 2.18. The summed E-state index contributed by atoms with van der Waals surface area (Å²) in [7, 11) is 0. The molecule has 10 aromatic rings. The minimum Gasteiger partial charge on any atom is -0.291 e. The fraction of sp³-hybridized carbons (Fsp3) is 0. The molecule has 0 aliphatic heterocycles. The number of hydrogen-bond donors (Lipinski definition) is 0. The van der Waals surface area contributed by atoms with Crippen LogP contribution in [0.1, 0.15) is 0 Å². The minimum absolute atomic E-state index is 0.624. The van der Waals surface area contributed by atoms with Gasteiger partial charge in [-0.05, 0) is 75.5 Å². The van der Waals surface area contributed by atoms with Crippen LogP contribution in [0.3, 0.4) is 0 Å². The van der Waals surface area contributed by atoms with Crippen LogP contribution in [-0.2, 0) is 0 Å². The van der Waals surface area contributed by atoms with Gasteiger partial charge in [-0.25, -0.2) is 19.9 Å². The van der Waals surface area contributed by atoms with Crippen molar-refractivity contribution in [1.29, 1.82) is 0 Å². The van der Waals surface area contributed by atoms with Crippen molar-refractivity contribution in [2.24, 2.45) is 0 Å². The van der Waals surface area contributed by atoms with E-state index in [1.165, 1.54) is 0 Å². The molecule has 0 aliphatic carbocycles. The molecule has 0 N–H and O–H groups in total. The van der Waals surface area contributed by atoms with Crippen molar-refractivity contribution >= 4 is 21.8 Å². The number of imidazole rings is 1. The largest absolute Gasteiger partial charge is 0.291 e. The molecule has 7 aromatic carbocycles. The lowest BCUT2D eigenvalue weighted by molar-refractivity contribution is 1.08. The molecule has 0 saturated carbocycles. The second-order valence-electron chi connectivity index (χ2n) is 13.3. The first-order valence-corrected chi connectivity index (χ1v) is 18.3. The zero-order valence-electron chi connectivity index (χ0n) is 29.7. The summed E-state index contributed by atoms with van der Waals surface area (Å²) in [4.78, 5) is 25.0. The second-order valence-corrected chi connectivity index (χ2v) is 13.3. The van der Waals surface area contributed by atoms with Crippen LogP contribution in [0.25, 0.3) is 95.4 Å². The van der Waals surface area contributed by atoms with Crippen LogP contribution in [-0.4, -0.2) is 29.5 Å². The zero-order valence-corrected chi connectivity index (χ0v) is 29.7. The van der Waals surface area contributed by atoms with E-state index in [1.54, 1.807) is 6.20 Å². The molecule has 3 heterocycles. The van der Waals surface area contributed by atoms with Gasteiger partial charge in [0.1, 0.15) is 5.69 Å². The van der Waals surface area contributed by atoms with Gasteiger partial charge in [0, 0.05) is 28.6 Å². The van der Waals surface area contributed by atoms with E-state index in [2.05, 4.69) is 119 Å². The summed E-state index contributed by atoms with van der Waals surface area (Å²) < 4.78 is 2.18. The van der Waals surface area contributed by atoms with E-state index >= 15 is 0 Å². The molecule has 0 fully saturated rings. The van der Waals surface area contributed by atoms with Gasteiger partial charge < -0.3 is 0 Å².